The molecule has 0 saturated carbocycles. The maximum atomic E-state index is 9.12. The SMILES string of the molecule is CNOC=O.[H-].[Na+]. The standard InChI is InChI=1S/C2H5NO2.Na.H/c1-3-5-2-4;;/h2-3H,1H3;;/q;+1;-1. The van der Waals surface area contributed by atoms with Gasteiger partial charge in [-0.3, -0.25) is 4.79 Å². The van der Waals surface area contributed by atoms with Crippen LogP contribution in [0.1, 0.15) is 1.43 Å². The Morgan fingerprint density at radius 3 is 2.50 bits per heavy atom. The predicted octanol–water partition coefficient (Wildman–Crippen LogP) is -3.59. The van der Waals surface area contributed by atoms with Crippen LogP contribution < -0.4 is 35.0 Å². The van der Waals surface area contributed by atoms with Crippen LogP contribution >= 0.6 is 0 Å². The maximum absolute atomic E-state index is 9.12. The van der Waals surface area contributed by atoms with Crippen LogP contribution in [0.4, 0.5) is 0 Å². The Hall–Kier alpha value is 0.430. The molecule has 0 radical (unpaired) electrons. The zero-order valence-electron chi connectivity index (χ0n) is 4.89. The van der Waals surface area contributed by atoms with Gasteiger partial charge in [-0.2, -0.15) is 5.48 Å². The summed E-state index contributed by atoms with van der Waals surface area (Å²) in [7, 11) is 1.51. The average Bonchev–Trinajstić information content (AvgIpc) is 1.41. The molecule has 32 valence electrons. The Kier molecular flexibility index (Phi) is 14.6. The molecule has 0 bridgehead atoms. The van der Waals surface area contributed by atoms with Gasteiger partial charge in [0.05, 0.1) is 0 Å². The minimum Gasteiger partial charge on any atom is -1.00 e. The molecule has 0 aliphatic heterocycles. The molecule has 1 N–H and O–H groups in total. The van der Waals surface area contributed by atoms with Crippen molar-refractivity contribution in [3.8, 4) is 0 Å². The van der Waals surface area contributed by atoms with Gasteiger partial charge in [0, 0.05) is 7.05 Å². The van der Waals surface area contributed by atoms with Crippen molar-refractivity contribution in [1.82, 2.24) is 5.48 Å². The Morgan fingerprint density at radius 2 is 2.50 bits per heavy atom. The fourth-order valence-corrected chi connectivity index (χ4v) is 0.0481. The minimum atomic E-state index is 0. The van der Waals surface area contributed by atoms with Crippen molar-refractivity contribution in [1.29, 1.82) is 0 Å². The van der Waals surface area contributed by atoms with Crippen LogP contribution in [0.25, 0.3) is 0 Å². The van der Waals surface area contributed by atoms with Gasteiger partial charge in [-0.15, -0.1) is 0 Å². The van der Waals surface area contributed by atoms with E-state index < -0.39 is 0 Å². The average molecular weight is 99.1 g/mol. The molecule has 0 unspecified atom stereocenters. The second-order valence-electron chi connectivity index (χ2n) is 0.418. The fraction of sp³-hybridized carbons (Fsp3) is 0.500. The Morgan fingerprint density at radius 1 is 2.00 bits per heavy atom. The van der Waals surface area contributed by atoms with Crippen molar-refractivity contribution in [2.75, 3.05) is 7.05 Å². The molecule has 0 amide bonds. The number of rotatable bonds is 2. The zero-order chi connectivity index (χ0) is 4.12. The molecular weight excluding hydrogens is 93.0 g/mol. The van der Waals surface area contributed by atoms with Crippen molar-refractivity contribution >= 4 is 6.47 Å². The minimum absolute atomic E-state index is 0. The van der Waals surface area contributed by atoms with E-state index in [9.17, 15) is 0 Å². The van der Waals surface area contributed by atoms with Gasteiger partial charge in [-0.1, -0.05) is 0 Å². The van der Waals surface area contributed by atoms with E-state index in [-0.39, 0.29) is 31.0 Å². The van der Waals surface area contributed by atoms with Gasteiger partial charge in [-0.25, -0.2) is 0 Å². The number of hydroxylamine groups is 1. The molecule has 4 heteroatoms. The number of carbonyl (C=O) groups is 1. The van der Waals surface area contributed by atoms with Crippen LogP contribution in [-0.4, -0.2) is 13.5 Å². The summed E-state index contributed by atoms with van der Waals surface area (Å²) in [5, 5.41) is 0. The summed E-state index contributed by atoms with van der Waals surface area (Å²) in [5.41, 5.74) is 2.15. The normalized spacial score (nSPS) is 5.50. The largest absolute Gasteiger partial charge is 1.00 e. The topological polar surface area (TPSA) is 38.3 Å². The molecule has 0 atom stereocenters. The third-order valence-electron chi connectivity index (χ3n) is 0.166. The van der Waals surface area contributed by atoms with E-state index in [1.807, 2.05) is 0 Å². The van der Waals surface area contributed by atoms with Crippen LogP contribution in [0.5, 0.6) is 0 Å². The molecule has 0 aliphatic carbocycles. The smallest absolute Gasteiger partial charge is 1.00 e. The fourth-order valence-electron chi connectivity index (χ4n) is 0.0481. The van der Waals surface area contributed by atoms with Gasteiger partial charge in [0.25, 0.3) is 0 Å². The number of hydrogen-bond acceptors (Lipinski definition) is 3. The molecule has 0 rings (SSSR count). The molecular formula is C2H6NNaO2. The van der Waals surface area contributed by atoms with Crippen LogP contribution in [0.3, 0.4) is 0 Å². The second kappa shape index (κ2) is 9.06. The predicted molar refractivity (Wildman–Crippen MR) is 17.3 cm³/mol. The van der Waals surface area contributed by atoms with E-state index in [4.69, 9.17) is 4.79 Å². The first-order valence-electron chi connectivity index (χ1n) is 1.18. The Balaban J connectivity index is -0.0000000800. The Bertz CT molecular complexity index is 36.9. The molecule has 0 aliphatic rings. The third kappa shape index (κ3) is 8.83. The van der Waals surface area contributed by atoms with Gasteiger partial charge in [0.15, 0.2) is 0 Å². The summed E-state index contributed by atoms with van der Waals surface area (Å²) < 4.78 is 0. The quantitative estimate of drug-likeness (QED) is 0.221. The van der Waals surface area contributed by atoms with E-state index >= 15 is 0 Å². The number of carbonyl (C=O) groups excluding carboxylic acids is 1. The van der Waals surface area contributed by atoms with Gasteiger partial charge in [0.1, 0.15) is 0 Å². The molecule has 0 spiro atoms. The van der Waals surface area contributed by atoms with E-state index in [2.05, 4.69) is 10.3 Å². The number of hydrogen-bond donors (Lipinski definition) is 1. The first kappa shape index (κ1) is 9.66. The number of nitrogens with one attached hydrogen (secondary N) is 1. The molecule has 0 aromatic rings. The summed E-state index contributed by atoms with van der Waals surface area (Å²) in [6.45, 7) is 0.319. The molecule has 0 saturated heterocycles. The molecule has 0 fully saturated rings. The summed E-state index contributed by atoms with van der Waals surface area (Å²) in [6, 6.07) is 0. The Labute approximate surface area is 59.8 Å². The van der Waals surface area contributed by atoms with Gasteiger partial charge < -0.3 is 6.26 Å². The second-order valence-corrected chi connectivity index (χ2v) is 0.418. The van der Waals surface area contributed by atoms with E-state index in [0.717, 1.165) is 0 Å². The van der Waals surface area contributed by atoms with Crippen molar-refractivity contribution in [2.24, 2.45) is 0 Å². The molecule has 0 heterocycles. The van der Waals surface area contributed by atoms with Crippen LogP contribution in [0.15, 0.2) is 0 Å². The summed E-state index contributed by atoms with van der Waals surface area (Å²) >= 11 is 0. The molecule has 0 aromatic heterocycles. The van der Waals surface area contributed by atoms with Crippen molar-refractivity contribution in [2.45, 2.75) is 0 Å². The van der Waals surface area contributed by atoms with Crippen molar-refractivity contribution in [3.63, 3.8) is 0 Å². The van der Waals surface area contributed by atoms with Gasteiger partial charge in [0.2, 0.25) is 0 Å². The molecule has 3 nitrogen and oxygen atoms in total. The maximum Gasteiger partial charge on any atom is 1.00 e. The summed E-state index contributed by atoms with van der Waals surface area (Å²) in [5.74, 6) is 0. The first-order valence-corrected chi connectivity index (χ1v) is 1.18. The zero-order valence-corrected chi connectivity index (χ0v) is 5.89. The van der Waals surface area contributed by atoms with Crippen LogP contribution in [-0.2, 0) is 9.63 Å². The molecule has 6 heavy (non-hydrogen) atoms. The van der Waals surface area contributed by atoms with Crippen LogP contribution in [0.2, 0.25) is 0 Å². The first-order chi connectivity index (χ1) is 2.41. The molecule has 0 aromatic carbocycles. The summed E-state index contributed by atoms with van der Waals surface area (Å²) in [6.07, 6.45) is 0. The third-order valence-corrected chi connectivity index (χ3v) is 0.166. The van der Waals surface area contributed by atoms with Gasteiger partial charge in [-0.05, 0) is 0 Å². The van der Waals surface area contributed by atoms with Crippen molar-refractivity contribution < 1.29 is 40.6 Å². The van der Waals surface area contributed by atoms with E-state index in [1.165, 1.54) is 7.05 Å². The van der Waals surface area contributed by atoms with Crippen LogP contribution in [0, 0.1) is 0 Å². The monoisotopic (exact) mass is 99.0 g/mol. The van der Waals surface area contributed by atoms with Gasteiger partial charge >= 0.3 is 36.0 Å². The van der Waals surface area contributed by atoms with Crippen molar-refractivity contribution in [3.05, 3.63) is 0 Å². The summed E-state index contributed by atoms with van der Waals surface area (Å²) in [4.78, 5) is 13.0. The van der Waals surface area contributed by atoms with E-state index in [0.29, 0.717) is 6.47 Å². The van der Waals surface area contributed by atoms with E-state index in [1.54, 1.807) is 0 Å².